The fourth-order valence-electron chi connectivity index (χ4n) is 4.42. The SMILES string of the molecule is CN1CCN(CCCN2C(=O)C(C3=CCCC=C3)(c3ccccc3)N=C2N)CC1. The van der Waals surface area contributed by atoms with Crippen molar-refractivity contribution in [3.8, 4) is 0 Å². The highest BCUT2D eigenvalue weighted by Gasteiger charge is 2.51. The van der Waals surface area contributed by atoms with Crippen LogP contribution < -0.4 is 5.73 Å². The van der Waals surface area contributed by atoms with E-state index in [1.807, 2.05) is 36.4 Å². The number of nitrogens with two attached hydrogens (primary N) is 1. The first kappa shape index (κ1) is 19.9. The Hall–Kier alpha value is -2.44. The number of rotatable bonds is 6. The predicted octanol–water partition coefficient (Wildman–Crippen LogP) is 1.95. The topological polar surface area (TPSA) is 65.2 Å². The largest absolute Gasteiger partial charge is 0.369 e. The lowest BCUT2D eigenvalue weighted by molar-refractivity contribution is -0.130. The number of carbonyl (C=O) groups excluding carboxylic acids is 1. The van der Waals surface area contributed by atoms with Gasteiger partial charge >= 0.3 is 0 Å². The van der Waals surface area contributed by atoms with Crippen molar-refractivity contribution in [2.24, 2.45) is 10.7 Å². The van der Waals surface area contributed by atoms with Gasteiger partial charge in [0.2, 0.25) is 0 Å². The Morgan fingerprint density at radius 1 is 1.07 bits per heavy atom. The lowest BCUT2D eigenvalue weighted by Crippen LogP contribution is -2.47. The zero-order chi connectivity index (χ0) is 20.3. The highest BCUT2D eigenvalue weighted by molar-refractivity contribution is 6.09. The molecule has 4 rings (SSSR count). The minimum Gasteiger partial charge on any atom is -0.369 e. The van der Waals surface area contributed by atoms with E-state index in [1.54, 1.807) is 4.90 Å². The Kier molecular flexibility index (Phi) is 5.83. The summed E-state index contributed by atoms with van der Waals surface area (Å²) in [5.74, 6) is 0.300. The predicted molar refractivity (Wildman–Crippen MR) is 116 cm³/mol. The summed E-state index contributed by atoms with van der Waals surface area (Å²) >= 11 is 0. The first-order chi connectivity index (χ1) is 14.1. The Morgan fingerprint density at radius 3 is 2.52 bits per heavy atom. The number of amides is 1. The van der Waals surface area contributed by atoms with Crippen LogP contribution in [-0.4, -0.2) is 72.9 Å². The van der Waals surface area contributed by atoms with Gasteiger partial charge in [-0.1, -0.05) is 48.6 Å². The number of allylic oxidation sites excluding steroid dienone is 2. The molecule has 1 atom stereocenters. The summed E-state index contributed by atoms with van der Waals surface area (Å²) in [4.78, 5) is 25.0. The van der Waals surface area contributed by atoms with E-state index in [0.29, 0.717) is 12.5 Å². The van der Waals surface area contributed by atoms with Gasteiger partial charge in [0.15, 0.2) is 11.5 Å². The third kappa shape index (κ3) is 3.87. The molecule has 1 saturated heterocycles. The second kappa shape index (κ2) is 8.51. The minimum atomic E-state index is -1.05. The Morgan fingerprint density at radius 2 is 1.83 bits per heavy atom. The summed E-state index contributed by atoms with van der Waals surface area (Å²) in [6.45, 7) is 5.95. The fraction of sp³-hybridized carbons (Fsp3) is 0.478. The van der Waals surface area contributed by atoms with Gasteiger partial charge in [-0.15, -0.1) is 0 Å². The van der Waals surface area contributed by atoms with E-state index in [1.165, 1.54) is 0 Å². The van der Waals surface area contributed by atoms with Crippen LogP contribution in [-0.2, 0) is 10.3 Å². The molecule has 0 aromatic heterocycles. The van der Waals surface area contributed by atoms with Crippen LogP contribution in [0.3, 0.4) is 0 Å². The molecule has 1 aromatic rings. The molecule has 3 aliphatic rings. The van der Waals surface area contributed by atoms with Crippen LogP contribution in [0.25, 0.3) is 0 Å². The summed E-state index contributed by atoms with van der Waals surface area (Å²) in [5.41, 5.74) is 7.08. The van der Waals surface area contributed by atoms with Crippen molar-refractivity contribution in [3.63, 3.8) is 0 Å². The number of carbonyl (C=O) groups is 1. The van der Waals surface area contributed by atoms with Crippen LogP contribution in [0.4, 0.5) is 0 Å². The summed E-state index contributed by atoms with van der Waals surface area (Å²) in [7, 11) is 2.16. The molecule has 154 valence electrons. The number of hydrogen-bond acceptors (Lipinski definition) is 5. The van der Waals surface area contributed by atoms with E-state index >= 15 is 0 Å². The molecule has 6 heteroatoms. The van der Waals surface area contributed by atoms with Gasteiger partial charge in [-0.05, 0) is 44.0 Å². The zero-order valence-corrected chi connectivity index (χ0v) is 17.3. The van der Waals surface area contributed by atoms with Crippen molar-refractivity contribution in [3.05, 3.63) is 59.7 Å². The van der Waals surface area contributed by atoms with Crippen molar-refractivity contribution in [2.45, 2.75) is 24.8 Å². The summed E-state index contributed by atoms with van der Waals surface area (Å²) in [6.07, 6.45) is 9.11. The highest BCUT2D eigenvalue weighted by Crippen LogP contribution is 2.41. The van der Waals surface area contributed by atoms with Crippen LogP contribution in [0.15, 0.2) is 59.1 Å². The van der Waals surface area contributed by atoms with E-state index in [4.69, 9.17) is 10.7 Å². The molecule has 0 radical (unpaired) electrons. The van der Waals surface area contributed by atoms with Crippen LogP contribution in [0.1, 0.15) is 24.8 Å². The lowest BCUT2D eigenvalue weighted by Gasteiger charge is -2.33. The molecule has 6 nitrogen and oxygen atoms in total. The molecule has 2 N–H and O–H groups in total. The molecule has 2 aliphatic heterocycles. The summed E-state index contributed by atoms with van der Waals surface area (Å²) in [6, 6.07) is 9.83. The van der Waals surface area contributed by atoms with E-state index in [9.17, 15) is 4.79 Å². The van der Waals surface area contributed by atoms with Crippen molar-refractivity contribution in [1.29, 1.82) is 0 Å². The molecule has 1 aliphatic carbocycles. The Balaban J connectivity index is 1.52. The van der Waals surface area contributed by atoms with Crippen molar-refractivity contribution in [2.75, 3.05) is 46.3 Å². The van der Waals surface area contributed by atoms with E-state index < -0.39 is 5.54 Å². The Bertz CT molecular complexity index is 823. The first-order valence-electron chi connectivity index (χ1n) is 10.6. The van der Waals surface area contributed by atoms with Gasteiger partial charge in [-0.3, -0.25) is 9.69 Å². The number of aliphatic imine (C=N–C) groups is 1. The smallest absolute Gasteiger partial charge is 0.266 e. The molecule has 1 aromatic carbocycles. The van der Waals surface area contributed by atoms with Gasteiger partial charge in [0.05, 0.1) is 0 Å². The maximum Gasteiger partial charge on any atom is 0.266 e. The quantitative estimate of drug-likeness (QED) is 0.802. The molecule has 29 heavy (non-hydrogen) atoms. The molecule has 1 amide bonds. The van der Waals surface area contributed by atoms with Crippen LogP contribution >= 0.6 is 0 Å². The van der Waals surface area contributed by atoms with Crippen LogP contribution in [0.2, 0.25) is 0 Å². The maximum atomic E-state index is 13.7. The first-order valence-corrected chi connectivity index (χ1v) is 10.6. The van der Waals surface area contributed by atoms with Crippen LogP contribution in [0.5, 0.6) is 0 Å². The molecule has 0 saturated carbocycles. The molecule has 0 spiro atoms. The average molecular weight is 394 g/mol. The minimum absolute atomic E-state index is 0.0302. The number of likely N-dealkylation sites (N-methyl/N-ethyl adjacent to an activating group) is 1. The molecular formula is C23H31N5O. The van der Waals surface area contributed by atoms with E-state index in [-0.39, 0.29) is 5.91 Å². The van der Waals surface area contributed by atoms with Gasteiger partial charge in [0.1, 0.15) is 0 Å². The number of guanidine groups is 1. The van der Waals surface area contributed by atoms with Gasteiger partial charge < -0.3 is 15.5 Å². The van der Waals surface area contributed by atoms with Gasteiger partial charge in [-0.25, -0.2) is 4.99 Å². The van der Waals surface area contributed by atoms with Gasteiger partial charge in [0, 0.05) is 32.7 Å². The fourth-order valence-corrected chi connectivity index (χ4v) is 4.42. The normalized spacial score (nSPS) is 26.0. The zero-order valence-electron chi connectivity index (χ0n) is 17.3. The maximum absolute atomic E-state index is 13.7. The lowest BCUT2D eigenvalue weighted by atomic mass is 9.80. The second-order valence-electron chi connectivity index (χ2n) is 8.14. The standard InChI is InChI=1S/C23H31N5O/c1-26-15-17-27(18-16-26)13-8-14-28-21(29)23(25-22(28)24,19-9-4-2-5-10-19)20-11-6-3-7-12-20/h2,4-6,9-12H,3,7-8,13-18H2,1H3,(H2,24,25). The van der Waals surface area contributed by atoms with E-state index in [2.05, 4.69) is 29.0 Å². The third-order valence-electron chi connectivity index (χ3n) is 6.17. The van der Waals surface area contributed by atoms with Crippen molar-refractivity contribution >= 4 is 11.9 Å². The third-order valence-corrected chi connectivity index (χ3v) is 6.17. The number of hydrogen-bond donors (Lipinski definition) is 1. The summed E-state index contributed by atoms with van der Waals surface area (Å²) in [5, 5.41) is 0. The molecular weight excluding hydrogens is 362 g/mol. The van der Waals surface area contributed by atoms with Crippen molar-refractivity contribution < 1.29 is 4.79 Å². The number of nitrogens with zero attached hydrogens (tertiary/aromatic N) is 4. The van der Waals surface area contributed by atoms with E-state index in [0.717, 1.165) is 63.1 Å². The van der Waals surface area contributed by atoms with Gasteiger partial charge in [0.25, 0.3) is 5.91 Å². The Labute approximate surface area is 173 Å². The summed E-state index contributed by atoms with van der Waals surface area (Å²) < 4.78 is 0. The number of piperazine rings is 1. The average Bonchev–Trinajstić information content (AvgIpc) is 3.02. The molecule has 0 bridgehead atoms. The van der Waals surface area contributed by atoms with Crippen molar-refractivity contribution in [1.82, 2.24) is 14.7 Å². The highest BCUT2D eigenvalue weighted by atomic mass is 16.2. The van der Waals surface area contributed by atoms with Gasteiger partial charge in [-0.2, -0.15) is 0 Å². The molecule has 1 unspecified atom stereocenters. The van der Waals surface area contributed by atoms with Crippen LogP contribution in [0, 0.1) is 0 Å². The second-order valence-corrected chi connectivity index (χ2v) is 8.14. The molecule has 2 heterocycles. The molecule has 1 fully saturated rings. The monoisotopic (exact) mass is 393 g/mol. The number of benzene rings is 1.